The van der Waals surface area contributed by atoms with Gasteiger partial charge in [0, 0.05) is 16.5 Å². The Bertz CT molecular complexity index is 579. The minimum atomic E-state index is -5.91. The number of rotatable bonds is 5. The molecule has 0 aromatic heterocycles. The van der Waals surface area contributed by atoms with Gasteiger partial charge in [0.25, 0.3) is 5.92 Å². The normalized spacial score (nSPS) is 16.4. The summed E-state index contributed by atoms with van der Waals surface area (Å²) in [6.45, 7) is 1.66. The monoisotopic (exact) mass is 421 g/mol. The van der Waals surface area contributed by atoms with E-state index in [1.54, 1.807) is 0 Å². The molecule has 0 bridgehead atoms. The molecule has 1 saturated heterocycles. The number of carbonyl (C=O) groups is 1. The van der Waals surface area contributed by atoms with Gasteiger partial charge in [-0.1, -0.05) is 30.3 Å². The van der Waals surface area contributed by atoms with E-state index in [0.717, 1.165) is 30.3 Å². The summed E-state index contributed by atoms with van der Waals surface area (Å²) < 4.78 is 86.3. The number of hydrogen-bond donors (Lipinski definition) is 0. The minimum Gasteiger partial charge on any atom is -0.372 e. The van der Waals surface area contributed by atoms with Crippen molar-refractivity contribution in [1.29, 1.82) is 0 Å². The van der Waals surface area contributed by atoms with Crippen LogP contribution in [0.5, 0.6) is 0 Å². The molecule has 1 heterocycles. The smallest absolute Gasteiger partial charge is 0.372 e. The minimum absolute atomic E-state index is 0.00660. The Morgan fingerprint density at radius 1 is 1.00 bits per heavy atom. The van der Waals surface area contributed by atoms with E-state index in [1.165, 1.54) is 0 Å². The van der Waals surface area contributed by atoms with Crippen LogP contribution in [0.4, 0.5) is 30.7 Å². The third-order valence-electron chi connectivity index (χ3n) is 3.41. The number of halogens is 7. The Balaban J connectivity index is 0.000000279. The van der Waals surface area contributed by atoms with E-state index in [4.69, 9.17) is 4.74 Å². The van der Waals surface area contributed by atoms with Crippen LogP contribution in [0.25, 0.3) is 0 Å². The Morgan fingerprint density at radius 2 is 1.52 bits per heavy atom. The van der Waals surface area contributed by atoms with Crippen molar-refractivity contribution in [1.82, 2.24) is 0 Å². The lowest BCUT2D eigenvalue weighted by Crippen LogP contribution is -2.40. The topological polar surface area (TPSA) is 26.3 Å². The van der Waals surface area contributed by atoms with Crippen molar-refractivity contribution < 1.29 is 40.3 Å². The van der Waals surface area contributed by atoms with Gasteiger partial charge in [-0.25, -0.2) is 8.78 Å². The van der Waals surface area contributed by atoms with Crippen LogP contribution in [0.2, 0.25) is 0 Å². The first kappa shape index (κ1) is 23.7. The van der Waals surface area contributed by atoms with E-state index in [1.807, 2.05) is 30.3 Å². The summed E-state index contributed by atoms with van der Waals surface area (Å²) in [6.07, 6.45) is -8.42. The molecule has 0 spiro atoms. The molecule has 2 rings (SSSR count). The molecule has 1 aromatic rings. The predicted molar refractivity (Wildman–Crippen MR) is 89.8 cm³/mol. The Labute approximate surface area is 155 Å². The molecule has 27 heavy (non-hydrogen) atoms. The summed E-state index contributed by atoms with van der Waals surface area (Å²) in [5.74, 6) is -6.27. The summed E-state index contributed by atoms with van der Waals surface area (Å²) in [7, 11) is 0.250. The SMILES string of the molecule is CC(F)(F)CC(F)(F)C(F)(F)F.O=C(C[S+]1CCOCC1)c1ccccc1. The third kappa shape index (κ3) is 8.96. The van der Waals surface area contributed by atoms with Gasteiger partial charge < -0.3 is 4.74 Å². The van der Waals surface area contributed by atoms with Gasteiger partial charge in [-0.05, 0) is 6.92 Å². The molecule has 0 amide bonds. The van der Waals surface area contributed by atoms with Crippen molar-refractivity contribution in [2.45, 2.75) is 31.4 Å². The molecule has 0 N–H and O–H groups in total. The molecule has 154 valence electrons. The first-order valence-electron chi connectivity index (χ1n) is 7.94. The van der Waals surface area contributed by atoms with Crippen LogP contribution in [-0.2, 0) is 15.6 Å². The van der Waals surface area contributed by atoms with Crippen LogP contribution in [0, 0.1) is 0 Å². The van der Waals surface area contributed by atoms with Gasteiger partial charge in [0.1, 0.15) is 11.5 Å². The lowest BCUT2D eigenvalue weighted by Gasteiger charge is -2.22. The van der Waals surface area contributed by atoms with Gasteiger partial charge >= 0.3 is 12.1 Å². The van der Waals surface area contributed by atoms with E-state index in [0.29, 0.717) is 5.75 Å². The maximum atomic E-state index is 11.9. The number of benzene rings is 1. The van der Waals surface area contributed by atoms with Gasteiger partial charge in [0.05, 0.1) is 19.6 Å². The number of carbonyl (C=O) groups excluding carboxylic acids is 1. The highest BCUT2D eigenvalue weighted by molar-refractivity contribution is 7.97. The number of ketones is 1. The van der Waals surface area contributed by atoms with Gasteiger partial charge in [-0.3, -0.25) is 4.79 Å². The molecule has 1 aromatic carbocycles. The van der Waals surface area contributed by atoms with Gasteiger partial charge in [-0.2, -0.15) is 22.0 Å². The molecular weight excluding hydrogens is 401 g/mol. The number of alkyl halides is 7. The van der Waals surface area contributed by atoms with Crippen molar-refractivity contribution in [2.24, 2.45) is 0 Å². The van der Waals surface area contributed by atoms with Crippen LogP contribution in [0.15, 0.2) is 30.3 Å². The fourth-order valence-corrected chi connectivity index (χ4v) is 3.82. The van der Waals surface area contributed by atoms with Gasteiger partial charge in [-0.15, -0.1) is 0 Å². The Hall–Kier alpha value is -1.29. The highest BCUT2D eigenvalue weighted by Crippen LogP contribution is 2.42. The van der Waals surface area contributed by atoms with Gasteiger partial charge in [0.15, 0.2) is 5.75 Å². The lowest BCUT2D eigenvalue weighted by molar-refractivity contribution is -0.299. The average Bonchev–Trinajstić information content (AvgIpc) is 2.54. The second kappa shape index (κ2) is 9.77. The predicted octanol–water partition coefficient (Wildman–Crippen LogP) is 4.75. The van der Waals surface area contributed by atoms with E-state index in [2.05, 4.69) is 0 Å². The van der Waals surface area contributed by atoms with Crippen LogP contribution >= 0.6 is 0 Å². The van der Waals surface area contributed by atoms with Crippen molar-refractivity contribution >= 4 is 16.7 Å². The summed E-state index contributed by atoms with van der Waals surface area (Å²) in [5.41, 5.74) is 0.844. The Kier molecular flexibility index (Phi) is 8.59. The van der Waals surface area contributed by atoms with Crippen LogP contribution in [0.3, 0.4) is 0 Å². The van der Waals surface area contributed by atoms with E-state index in [9.17, 15) is 35.5 Å². The lowest BCUT2D eigenvalue weighted by atomic mass is 10.1. The van der Waals surface area contributed by atoms with Crippen LogP contribution in [0.1, 0.15) is 23.7 Å². The summed E-state index contributed by atoms with van der Waals surface area (Å²) >= 11 is 0. The van der Waals surface area contributed by atoms with Crippen molar-refractivity contribution in [3.8, 4) is 0 Å². The second-order valence-corrected chi connectivity index (χ2v) is 8.35. The van der Waals surface area contributed by atoms with Crippen LogP contribution < -0.4 is 0 Å². The molecule has 1 aliphatic heterocycles. The summed E-state index contributed by atoms with van der Waals surface area (Å²) in [6, 6.07) is 9.56. The first-order valence-corrected chi connectivity index (χ1v) is 9.67. The molecule has 0 saturated carbocycles. The van der Waals surface area contributed by atoms with E-state index < -0.39 is 24.4 Å². The van der Waals surface area contributed by atoms with Crippen molar-refractivity contribution in [2.75, 3.05) is 30.5 Å². The average molecular weight is 421 g/mol. The van der Waals surface area contributed by atoms with Crippen molar-refractivity contribution in [3.05, 3.63) is 35.9 Å². The Morgan fingerprint density at radius 3 is 1.93 bits per heavy atom. The van der Waals surface area contributed by atoms with E-state index in [-0.39, 0.29) is 23.6 Å². The largest absolute Gasteiger partial charge is 0.453 e. The molecule has 0 radical (unpaired) electrons. The molecule has 0 unspecified atom stereocenters. The second-order valence-electron chi connectivity index (χ2n) is 6.02. The number of hydrogen-bond acceptors (Lipinski definition) is 2. The zero-order valence-corrected chi connectivity index (χ0v) is 15.3. The number of Topliss-reactive ketones (excluding diaryl/α,β-unsaturated/α-hetero) is 1. The summed E-state index contributed by atoms with van der Waals surface area (Å²) in [5, 5.41) is 0. The number of ether oxygens (including phenoxy) is 1. The van der Waals surface area contributed by atoms with E-state index >= 15 is 0 Å². The molecule has 1 aliphatic rings. The molecule has 1 fully saturated rings. The fraction of sp³-hybridized carbons (Fsp3) is 0.588. The maximum absolute atomic E-state index is 11.9. The molecular formula is C17H20F7O2S+. The third-order valence-corrected chi connectivity index (χ3v) is 5.57. The maximum Gasteiger partial charge on any atom is 0.453 e. The van der Waals surface area contributed by atoms with Gasteiger partial charge in [0.2, 0.25) is 5.78 Å². The quantitative estimate of drug-likeness (QED) is 0.390. The molecule has 2 nitrogen and oxygen atoms in total. The zero-order valence-electron chi connectivity index (χ0n) is 14.5. The highest BCUT2D eigenvalue weighted by atomic mass is 32.2. The molecule has 0 aliphatic carbocycles. The molecule has 10 heteroatoms. The highest BCUT2D eigenvalue weighted by Gasteiger charge is 2.60. The summed E-state index contributed by atoms with van der Waals surface area (Å²) in [4.78, 5) is 11.9. The standard InChI is InChI=1S/C12H15O2S.C5H5F7/c13-12(11-4-2-1-3-5-11)10-15-8-6-14-7-9-15;1-3(6,7)2-4(8,9)5(10,11)12/h1-5H,6-10H2;2H2,1H3/q+1;. The fourth-order valence-electron chi connectivity index (χ4n) is 2.08. The molecule has 0 atom stereocenters. The van der Waals surface area contributed by atoms with Crippen LogP contribution in [-0.4, -0.2) is 54.3 Å². The van der Waals surface area contributed by atoms with Crippen molar-refractivity contribution in [3.63, 3.8) is 0 Å². The zero-order chi connectivity index (χ0) is 20.7. The first-order chi connectivity index (χ1) is 12.3.